The van der Waals surface area contributed by atoms with Crippen LogP contribution < -0.4 is 14.8 Å². The van der Waals surface area contributed by atoms with Crippen LogP contribution in [0, 0.1) is 0 Å². The molecule has 2 aromatic carbocycles. The van der Waals surface area contributed by atoms with Crippen molar-refractivity contribution in [2.75, 3.05) is 6.79 Å². The van der Waals surface area contributed by atoms with Gasteiger partial charge in [-0.15, -0.1) is 10.2 Å². The summed E-state index contributed by atoms with van der Waals surface area (Å²) in [6.07, 6.45) is 0. The topological polar surface area (TPSA) is 78.3 Å². The van der Waals surface area contributed by atoms with Crippen molar-refractivity contribution in [3.05, 3.63) is 64.4 Å². The zero-order valence-electron chi connectivity index (χ0n) is 15.7. The van der Waals surface area contributed by atoms with E-state index >= 15 is 0 Å². The van der Waals surface area contributed by atoms with E-state index in [1.54, 1.807) is 30.0 Å². The summed E-state index contributed by atoms with van der Waals surface area (Å²) in [6.45, 7) is 3.20. The van der Waals surface area contributed by atoms with Crippen LogP contribution in [0.4, 0.5) is 0 Å². The fraction of sp³-hybridized carbons (Fsp3) is 0.250. The lowest BCUT2D eigenvalue weighted by Gasteiger charge is -2.09. The molecule has 3 aromatic rings. The summed E-state index contributed by atoms with van der Waals surface area (Å²) < 4.78 is 12.6. The van der Waals surface area contributed by atoms with E-state index < -0.39 is 0 Å². The van der Waals surface area contributed by atoms with Crippen molar-refractivity contribution in [2.45, 2.75) is 30.9 Å². The van der Waals surface area contributed by atoms with Crippen molar-refractivity contribution in [3.63, 3.8) is 0 Å². The molecule has 1 amide bonds. The molecule has 1 aromatic heterocycles. The Morgan fingerprint density at radius 3 is 2.76 bits per heavy atom. The maximum Gasteiger partial charge on any atom is 0.251 e. The van der Waals surface area contributed by atoms with Crippen LogP contribution in [0.3, 0.4) is 0 Å². The summed E-state index contributed by atoms with van der Waals surface area (Å²) in [4.78, 5) is 12.5. The van der Waals surface area contributed by atoms with Crippen molar-refractivity contribution in [3.8, 4) is 11.5 Å². The molecular weight excluding hydrogens is 412 g/mol. The first-order chi connectivity index (χ1) is 14.1. The summed E-state index contributed by atoms with van der Waals surface area (Å²) in [6, 6.07) is 12.9. The standard InChI is InChI=1S/C20H19ClN4O3S/c1-2-25-18(23-24-20(25)29-11-13-3-6-15(21)7-4-13)10-22-19(26)14-5-8-16-17(9-14)28-12-27-16/h3-9H,2,10-12H2,1H3,(H,22,26). The highest BCUT2D eigenvalue weighted by Gasteiger charge is 2.17. The molecule has 0 bridgehead atoms. The van der Waals surface area contributed by atoms with Gasteiger partial charge in [-0.2, -0.15) is 0 Å². The van der Waals surface area contributed by atoms with Gasteiger partial charge in [0.05, 0.1) is 6.54 Å². The van der Waals surface area contributed by atoms with Gasteiger partial charge >= 0.3 is 0 Å². The SMILES string of the molecule is CCn1c(CNC(=O)c2ccc3c(c2)OCO3)nnc1SCc1ccc(Cl)cc1. The molecule has 0 unspecified atom stereocenters. The molecule has 1 N–H and O–H groups in total. The lowest BCUT2D eigenvalue weighted by molar-refractivity contribution is 0.0949. The van der Waals surface area contributed by atoms with Gasteiger partial charge in [-0.25, -0.2) is 0 Å². The Labute approximate surface area is 177 Å². The summed E-state index contributed by atoms with van der Waals surface area (Å²) in [5, 5.41) is 13.0. The van der Waals surface area contributed by atoms with Crippen molar-refractivity contribution in [1.82, 2.24) is 20.1 Å². The Morgan fingerprint density at radius 1 is 1.17 bits per heavy atom. The van der Waals surface area contributed by atoms with Gasteiger partial charge in [0.2, 0.25) is 6.79 Å². The zero-order valence-corrected chi connectivity index (χ0v) is 17.3. The Kier molecular flexibility index (Phi) is 5.92. The molecule has 2 heterocycles. The van der Waals surface area contributed by atoms with Gasteiger partial charge in [0.25, 0.3) is 5.91 Å². The molecule has 4 rings (SSSR count). The monoisotopic (exact) mass is 430 g/mol. The van der Waals surface area contributed by atoms with E-state index in [1.807, 2.05) is 35.8 Å². The highest BCUT2D eigenvalue weighted by Crippen LogP contribution is 2.32. The number of hydrogen-bond donors (Lipinski definition) is 1. The van der Waals surface area contributed by atoms with E-state index in [9.17, 15) is 4.79 Å². The number of thioether (sulfide) groups is 1. The molecule has 1 aliphatic heterocycles. The van der Waals surface area contributed by atoms with E-state index in [2.05, 4.69) is 15.5 Å². The number of amides is 1. The van der Waals surface area contributed by atoms with Crippen LogP contribution in [0.5, 0.6) is 11.5 Å². The van der Waals surface area contributed by atoms with Crippen LogP contribution in [0.1, 0.15) is 28.7 Å². The molecule has 0 atom stereocenters. The second-order valence-corrected chi connectivity index (χ2v) is 7.69. The van der Waals surface area contributed by atoms with E-state index in [-0.39, 0.29) is 19.2 Å². The Morgan fingerprint density at radius 2 is 1.97 bits per heavy atom. The normalized spacial score (nSPS) is 12.2. The number of fused-ring (bicyclic) bond motifs is 1. The van der Waals surface area contributed by atoms with E-state index in [0.29, 0.717) is 29.4 Å². The van der Waals surface area contributed by atoms with Gasteiger partial charge in [0.1, 0.15) is 0 Å². The minimum atomic E-state index is -0.204. The fourth-order valence-electron chi connectivity index (χ4n) is 2.90. The summed E-state index contributed by atoms with van der Waals surface area (Å²) >= 11 is 7.53. The van der Waals surface area contributed by atoms with Crippen LogP contribution >= 0.6 is 23.4 Å². The number of benzene rings is 2. The molecular formula is C20H19ClN4O3S. The number of hydrogen-bond acceptors (Lipinski definition) is 6. The zero-order chi connectivity index (χ0) is 20.2. The minimum Gasteiger partial charge on any atom is -0.454 e. The summed E-state index contributed by atoms with van der Waals surface area (Å²) in [5.74, 6) is 2.49. The van der Waals surface area contributed by atoms with Gasteiger partial charge in [-0.1, -0.05) is 35.5 Å². The van der Waals surface area contributed by atoms with Crippen molar-refractivity contribution in [1.29, 1.82) is 0 Å². The van der Waals surface area contributed by atoms with Crippen LogP contribution in [-0.2, 0) is 18.8 Å². The van der Waals surface area contributed by atoms with Gasteiger partial charge in [-0.3, -0.25) is 4.79 Å². The maximum absolute atomic E-state index is 12.5. The van der Waals surface area contributed by atoms with Crippen LogP contribution in [0.2, 0.25) is 5.02 Å². The average Bonchev–Trinajstić information content (AvgIpc) is 3.37. The molecule has 1 aliphatic rings. The predicted octanol–water partition coefficient (Wildman–Crippen LogP) is 3.90. The lowest BCUT2D eigenvalue weighted by Crippen LogP contribution is -2.24. The van der Waals surface area contributed by atoms with E-state index in [0.717, 1.165) is 21.5 Å². The van der Waals surface area contributed by atoms with Crippen molar-refractivity contribution < 1.29 is 14.3 Å². The van der Waals surface area contributed by atoms with E-state index in [1.165, 1.54) is 0 Å². The molecule has 0 spiro atoms. The third-order valence-corrected chi connectivity index (χ3v) is 5.72. The van der Waals surface area contributed by atoms with Gasteiger partial charge in [0.15, 0.2) is 22.5 Å². The third-order valence-electron chi connectivity index (χ3n) is 4.43. The highest BCUT2D eigenvalue weighted by atomic mass is 35.5. The number of carbonyl (C=O) groups is 1. The van der Waals surface area contributed by atoms with Crippen LogP contribution in [0.15, 0.2) is 47.6 Å². The minimum absolute atomic E-state index is 0.177. The number of nitrogens with one attached hydrogen (secondary N) is 1. The summed E-state index contributed by atoms with van der Waals surface area (Å²) in [7, 11) is 0. The number of halogens is 1. The first kappa shape index (κ1) is 19.6. The first-order valence-corrected chi connectivity index (χ1v) is 10.5. The maximum atomic E-state index is 12.5. The highest BCUT2D eigenvalue weighted by molar-refractivity contribution is 7.98. The lowest BCUT2D eigenvalue weighted by atomic mass is 10.2. The smallest absolute Gasteiger partial charge is 0.251 e. The van der Waals surface area contributed by atoms with Crippen LogP contribution in [-0.4, -0.2) is 27.5 Å². The van der Waals surface area contributed by atoms with Gasteiger partial charge in [0, 0.05) is 22.9 Å². The first-order valence-electron chi connectivity index (χ1n) is 9.11. The number of carbonyl (C=O) groups excluding carboxylic acids is 1. The molecule has 0 radical (unpaired) electrons. The van der Waals surface area contributed by atoms with Crippen molar-refractivity contribution >= 4 is 29.3 Å². The Balaban J connectivity index is 1.38. The average molecular weight is 431 g/mol. The number of ether oxygens (including phenoxy) is 2. The Hall–Kier alpha value is -2.71. The molecule has 9 heteroatoms. The number of aromatic nitrogens is 3. The molecule has 0 saturated carbocycles. The molecule has 0 saturated heterocycles. The number of rotatable bonds is 7. The van der Waals surface area contributed by atoms with Gasteiger partial charge in [-0.05, 0) is 42.8 Å². The second-order valence-electron chi connectivity index (χ2n) is 6.31. The van der Waals surface area contributed by atoms with Gasteiger partial charge < -0.3 is 19.4 Å². The largest absolute Gasteiger partial charge is 0.454 e. The van der Waals surface area contributed by atoms with E-state index in [4.69, 9.17) is 21.1 Å². The quantitative estimate of drug-likeness (QED) is 0.573. The molecule has 0 fully saturated rings. The second kappa shape index (κ2) is 8.75. The fourth-order valence-corrected chi connectivity index (χ4v) is 4.00. The Bertz CT molecular complexity index is 1020. The third kappa shape index (κ3) is 4.49. The molecule has 0 aliphatic carbocycles. The predicted molar refractivity (Wildman–Crippen MR) is 110 cm³/mol. The number of nitrogens with zero attached hydrogens (tertiary/aromatic N) is 3. The van der Waals surface area contributed by atoms with Crippen molar-refractivity contribution in [2.24, 2.45) is 0 Å². The summed E-state index contributed by atoms with van der Waals surface area (Å²) in [5.41, 5.74) is 1.66. The molecule has 7 nitrogen and oxygen atoms in total. The molecule has 29 heavy (non-hydrogen) atoms. The van der Waals surface area contributed by atoms with Crippen LogP contribution in [0.25, 0.3) is 0 Å². The molecule has 150 valence electrons.